The summed E-state index contributed by atoms with van der Waals surface area (Å²) in [5.41, 5.74) is 1.25. The van der Waals surface area contributed by atoms with E-state index in [1.807, 2.05) is 0 Å². The van der Waals surface area contributed by atoms with Crippen molar-refractivity contribution in [3.05, 3.63) is 65.5 Å². The van der Waals surface area contributed by atoms with Gasteiger partial charge in [0.2, 0.25) is 0 Å². The number of allylic oxidation sites excluding steroid dienone is 2. The van der Waals surface area contributed by atoms with Crippen LogP contribution in [0.25, 0.3) is 0 Å². The lowest BCUT2D eigenvalue weighted by atomic mass is 10.1. The van der Waals surface area contributed by atoms with Crippen molar-refractivity contribution in [3.63, 3.8) is 0 Å². The largest absolute Gasteiger partial charge is 0.465 e. The first kappa shape index (κ1) is 20.4. The number of nitrogens with one attached hydrogen (secondary N) is 1. The molecular weight excluding hydrogens is 372 g/mol. The Morgan fingerprint density at radius 1 is 0.966 bits per heavy atom. The van der Waals surface area contributed by atoms with Crippen molar-refractivity contribution in [2.75, 3.05) is 19.1 Å². The summed E-state index contributed by atoms with van der Waals surface area (Å²) in [5, 5.41) is 3.05. The van der Waals surface area contributed by atoms with Crippen molar-refractivity contribution < 1.29 is 23.9 Å². The van der Waals surface area contributed by atoms with E-state index in [2.05, 4.69) is 5.32 Å². The highest BCUT2D eigenvalue weighted by atomic mass is 16.5. The number of hydrogen-bond donors (Lipinski definition) is 1. The molecule has 1 saturated carbocycles. The highest BCUT2D eigenvalue weighted by molar-refractivity contribution is 6.05. The van der Waals surface area contributed by atoms with E-state index < -0.39 is 11.9 Å². The monoisotopic (exact) mass is 396 g/mol. The lowest BCUT2D eigenvalue weighted by Gasteiger charge is -2.23. The maximum Gasteiger partial charge on any atom is 0.355 e. The number of benzene rings is 1. The van der Waals surface area contributed by atoms with Crippen LogP contribution >= 0.6 is 0 Å². The highest BCUT2D eigenvalue weighted by Gasteiger charge is 2.27. The van der Waals surface area contributed by atoms with Crippen LogP contribution in [-0.2, 0) is 19.1 Å². The Kier molecular flexibility index (Phi) is 6.49. The second kappa shape index (κ2) is 9.23. The van der Waals surface area contributed by atoms with Crippen LogP contribution < -0.4 is 10.2 Å². The van der Waals surface area contributed by atoms with Gasteiger partial charge in [0.1, 0.15) is 5.70 Å². The first-order chi connectivity index (χ1) is 14.0. The quantitative estimate of drug-likeness (QED) is 0.771. The number of esters is 2. The van der Waals surface area contributed by atoms with E-state index in [0.29, 0.717) is 11.3 Å². The van der Waals surface area contributed by atoms with Gasteiger partial charge in [0.15, 0.2) is 0 Å². The van der Waals surface area contributed by atoms with E-state index in [-0.39, 0.29) is 23.2 Å². The molecule has 7 heteroatoms. The van der Waals surface area contributed by atoms with E-state index in [0.717, 1.165) is 25.7 Å². The zero-order valence-electron chi connectivity index (χ0n) is 16.5. The number of rotatable bonds is 5. The molecule has 3 rings (SSSR count). The molecular formula is C22H24N2O5. The van der Waals surface area contributed by atoms with E-state index in [1.165, 1.54) is 25.2 Å². The number of hydrogen-bond acceptors (Lipinski definition) is 6. The van der Waals surface area contributed by atoms with Crippen molar-refractivity contribution >= 4 is 23.5 Å². The number of carbonyl (C=O) groups is 3. The molecule has 0 atom stereocenters. The number of amides is 1. The molecule has 0 aromatic heterocycles. The summed E-state index contributed by atoms with van der Waals surface area (Å²) >= 11 is 0. The molecule has 0 bridgehead atoms. The molecule has 1 N–H and O–H groups in total. The zero-order chi connectivity index (χ0) is 20.8. The molecule has 152 valence electrons. The minimum Gasteiger partial charge on any atom is -0.465 e. The van der Waals surface area contributed by atoms with Crippen LogP contribution in [-0.4, -0.2) is 38.1 Å². The summed E-state index contributed by atoms with van der Waals surface area (Å²) in [6, 6.07) is 7.06. The average molecular weight is 396 g/mol. The SMILES string of the molecule is COC(=O)C1=C(C(=O)OC)N(c2ccc(C(=O)NC3CCCC3)cc2)C=CC=C1. The fourth-order valence-electron chi connectivity index (χ4n) is 3.48. The molecule has 29 heavy (non-hydrogen) atoms. The highest BCUT2D eigenvalue weighted by Crippen LogP contribution is 2.27. The van der Waals surface area contributed by atoms with Gasteiger partial charge in [-0.15, -0.1) is 0 Å². The molecule has 1 aliphatic heterocycles. The van der Waals surface area contributed by atoms with Crippen molar-refractivity contribution in [1.29, 1.82) is 0 Å². The summed E-state index contributed by atoms with van der Waals surface area (Å²) in [6.45, 7) is 0. The first-order valence-electron chi connectivity index (χ1n) is 9.51. The summed E-state index contributed by atoms with van der Waals surface area (Å²) in [6.07, 6.45) is 10.8. The third kappa shape index (κ3) is 4.56. The zero-order valence-corrected chi connectivity index (χ0v) is 16.5. The van der Waals surface area contributed by atoms with Gasteiger partial charge in [-0.25, -0.2) is 9.59 Å². The second-order valence-corrected chi connectivity index (χ2v) is 6.82. The van der Waals surface area contributed by atoms with Crippen molar-refractivity contribution in [2.24, 2.45) is 0 Å². The molecule has 1 aromatic rings. The number of ether oxygens (including phenoxy) is 2. The average Bonchev–Trinajstić information content (AvgIpc) is 3.16. The molecule has 1 fully saturated rings. The maximum atomic E-state index is 12.4. The van der Waals surface area contributed by atoms with Gasteiger partial charge >= 0.3 is 11.9 Å². The molecule has 1 amide bonds. The van der Waals surface area contributed by atoms with E-state index in [9.17, 15) is 14.4 Å². The Labute approximate surface area is 169 Å². The van der Waals surface area contributed by atoms with Gasteiger partial charge in [0, 0.05) is 23.5 Å². The maximum absolute atomic E-state index is 12.4. The van der Waals surface area contributed by atoms with Crippen LogP contribution in [0.5, 0.6) is 0 Å². The van der Waals surface area contributed by atoms with Gasteiger partial charge in [0.05, 0.1) is 19.8 Å². The molecule has 1 aliphatic carbocycles. The Morgan fingerprint density at radius 3 is 2.24 bits per heavy atom. The van der Waals surface area contributed by atoms with E-state index >= 15 is 0 Å². The standard InChI is InChI=1S/C22H24N2O5/c1-28-21(26)18-9-5-6-14-24(19(18)22(27)29-2)17-12-10-15(11-13-17)20(25)23-16-7-3-4-8-16/h5-6,9-14,16H,3-4,7-8H2,1-2H3,(H,23,25). The second-order valence-electron chi connectivity index (χ2n) is 6.82. The van der Waals surface area contributed by atoms with Crippen LogP contribution in [0.3, 0.4) is 0 Å². The van der Waals surface area contributed by atoms with E-state index in [4.69, 9.17) is 9.47 Å². The summed E-state index contributed by atoms with van der Waals surface area (Å²) < 4.78 is 9.69. The number of anilines is 1. The van der Waals surface area contributed by atoms with Gasteiger partial charge in [0.25, 0.3) is 5.91 Å². The third-order valence-corrected chi connectivity index (χ3v) is 4.99. The van der Waals surface area contributed by atoms with Crippen molar-refractivity contribution in [3.8, 4) is 0 Å². The first-order valence-corrected chi connectivity index (χ1v) is 9.51. The normalized spacial score (nSPS) is 16.6. The Hall–Kier alpha value is -3.35. The molecule has 0 spiro atoms. The van der Waals surface area contributed by atoms with Gasteiger partial charge in [-0.2, -0.15) is 0 Å². The topological polar surface area (TPSA) is 84.9 Å². The number of nitrogens with zero attached hydrogens (tertiary/aromatic N) is 1. The fourth-order valence-corrected chi connectivity index (χ4v) is 3.48. The lowest BCUT2D eigenvalue weighted by molar-refractivity contribution is -0.139. The van der Waals surface area contributed by atoms with Gasteiger partial charge in [-0.3, -0.25) is 4.79 Å². The molecule has 0 unspecified atom stereocenters. The van der Waals surface area contributed by atoms with Gasteiger partial charge in [-0.05, 0) is 49.3 Å². The third-order valence-electron chi connectivity index (χ3n) is 4.99. The number of methoxy groups -OCH3 is 2. The minimum absolute atomic E-state index is 0.0347. The van der Waals surface area contributed by atoms with E-state index in [1.54, 1.807) is 42.6 Å². The molecule has 1 aromatic carbocycles. The molecule has 2 aliphatic rings. The van der Waals surface area contributed by atoms with Crippen LogP contribution in [0, 0.1) is 0 Å². The van der Waals surface area contributed by atoms with Crippen LogP contribution in [0.1, 0.15) is 36.0 Å². The van der Waals surface area contributed by atoms with Gasteiger partial charge in [-0.1, -0.05) is 18.9 Å². The fraction of sp³-hybridized carbons (Fsp3) is 0.318. The van der Waals surface area contributed by atoms with Crippen LogP contribution in [0.2, 0.25) is 0 Å². The Balaban J connectivity index is 1.89. The summed E-state index contributed by atoms with van der Waals surface area (Å²) in [5.74, 6) is -1.44. The Bertz CT molecular complexity index is 877. The van der Waals surface area contributed by atoms with Crippen molar-refractivity contribution in [2.45, 2.75) is 31.7 Å². The van der Waals surface area contributed by atoms with Crippen LogP contribution in [0.4, 0.5) is 5.69 Å². The minimum atomic E-state index is -0.676. The Morgan fingerprint density at radius 2 is 1.62 bits per heavy atom. The predicted molar refractivity (Wildman–Crippen MR) is 108 cm³/mol. The molecule has 1 heterocycles. The van der Waals surface area contributed by atoms with Crippen LogP contribution in [0.15, 0.2) is 60.0 Å². The smallest absolute Gasteiger partial charge is 0.355 e. The molecule has 0 saturated heterocycles. The molecule has 0 radical (unpaired) electrons. The van der Waals surface area contributed by atoms with Gasteiger partial charge < -0.3 is 19.7 Å². The predicted octanol–water partition coefficient (Wildman–Crippen LogP) is 2.85. The lowest BCUT2D eigenvalue weighted by Crippen LogP contribution is -2.32. The number of carbonyl (C=O) groups excluding carboxylic acids is 3. The summed E-state index contributed by atoms with van der Waals surface area (Å²) in [4.78, 5) is 38.6. The summed E-state index contributed by atoms with van der Waals surface area (Å²) in [7, 11) is 2.50. The van der Waals surface area contributed by atoms with Crippen molar-refractivity contribution in [1.82, 2.24) is 5.32 Å². The molecule has 7 nitrogen and oxygen atoms in total.